The molecule has 4 aromatic rings. The SMILES string of the molecule is O=C1Nc2ccccc2C12CC2c1ccc2c(C=Cc3ccc(CCN4CCOCC4)cc3)n[nH]c2c1. The number of fused-ring (bicyclic) bond motifs is 3. The van der Waals surface area contributed by atoms with Crippen LogP contribution in [0.25, 0.3) is 23.1 Å². The van der Waals surface area contributed by atoms with E-state index in [1.165, 1.54) is 11.1 Å². The third-order valence-corrected chi connectivity index (χ3v) is 8.27. The molecule has 2 unspecified atom stereocenters. The van der Waals surface area contributed by atoms with Gasteiger partial charge < -0.3 is 10.1 Å². The molecule has 2 aliphatic heterocycles. The van der Waals surface area contributed by atoms with E-state index in [0.717, 1.165) is 79.1 Å². The zero-order valence-corrected chi connectivity index (χ0v) is 20.7. The van der Waals surface area contributed by atoms with Crippen LogP contribution in [0.5, 0.6) is 0 Å². The predicted molar refractivity (Wildman–Crippen MR) is 147 cm³/mol. The van der Waals surface area contributed by atoms with Crippen LogP contribution in [0.1, 0.15) is 40.3 Å². The van der Waals surface area contributed by atoms with Crippen molar-refractivity contribution in [3.05, 3.63) is 94.7 Å². The highest BCUT2D eigenvalue weighted by Crippen LogP contribution is 2.64. The summed E-state index contributed by atoms with van der Waals surface area (Å²) in [7, 11) is 0. The molecule has 37 heavy (non-hydrogen) atoms. The number of morpholine rings is 1. The maximum atomic E-state index is 12.9. The smallest absolute Gasteiger partial charge is 0.235 e. The highest BCUT2D eigenvalue weighted by molar-refractivity contribution is 6.09. The fourth-order valence-electron chi connectivity index (χ4n) is 6.04. The summed E-state index contributed by atoms with van der Waals surface area (Å²) < 4.78 is 5.43. The quantitative estimate of drug-likeness (QED) is 0.400. The Bertz CT molecular complexity index is 1500. The van der Waals surface area contributed by atoms with Crippen molar-refractivity contribution in [2.45, 2.75) is 24.2 Å². The first kappa shape index (κ1) is 22.5. The lowest BCUT2D eigenvalue weighted by Gasteiger charge is -2.26. The number of hydrogen-bond donors (Lipinski definition) is 2. The fourth-order valence-corrected chi connectivity index (χ4v) is 6.04. The van der Waals surface area contributed by atoms with Gasteiger partial charge in [0.15, 0.2) is 0 Å². The number of nitrogens with one attached hydrogen (secondary N) is 2. The number of aromatic amines is 1. The van der Waals surface area contributed by atoms with Crippen molar-refractivity contribution in [3.8, 4) is 0 Å². The van der Waals surface area contributed by atoms with Crippen LogP contribution in [-0.2, 0) is 21.4 Å². The molecule has 1 saturated carbocycles. The topological polar surface area (TPSA) is 70.2 Å². The lowest BCUT2D eigenvalue weighted by Crippen LogP contribution is -2.37. The van der Waals surface area contributed by atoms with Crippen molar-refractivity contribution in [1.82, 2.24) is 15.1 Å². The molecule has 2 N–H and O–H groups in total. The van der Waals surface area contributed by atoms with E-state index in [4.69, 9.17) is 4.74 Å². The van der Waals surface area contributed by atoms with Gasteiger partial charge in [-0.2, -0.15) is 5.10 Å². The number of ether oxygens (including phenoxy) is 1. The van der Waals surface area contributed by atoms with Gasteiger partial charge in [-0.05, 0) is 53.3 Å². The van der Waals surface area contributed by atoms with Crippen LogP contribution in [-0.4, -0.2) is 53.9 Å². The van der Waals surface area contributed by atoms with Crippen molar-refractivity contribution >= 4 is 34.6 Å². The molecule has 6 heteroatoms. The Morgan fingerprint density at radius 2 is 1.86 bits per heavy atom. The average molecular weight is 491 g/mol. The molecular formula is C31H30N4O2. The minimum Gasteiger partial charge on any atom is -0.379 e. The predicted octanol–water partition coefficient (Wildman–Crippen LogP) is 4.99. The molecule has 2 atom stereocenters. The minimum atomic E-state index is -0.415. The van der Waals surface area contributed by atoms with Gasteiger partial charge in [0.05, 0.1) is 29.8 Å². The minimum absolute atomic E-state index is 0.124. The molecule has 2 fully saturated rings. The van der Waals surface area contributed by atoms with Gasteiger partial charge in [-0.15, -0.1) is 0 Å². The van der Waals surface area contributed by atoms with E-state index in [-0.39, 0.29) is 11.8 Å². The third kappa shape index (κ3) is 3.97. The molecule has 0 bridgehead atoms. The zero-order valence-electron chi connectivity index (χ0n) is 20.7. The van der Waals surface area contributed by atoms with Gasteiger partial charge in [0.2, 0.25) is 5.91 Å². The molecular weight excluding hydrogens is 460 g/mol. The number of rotatable bonds is 6. The maximum absolute atomic E-state index is 12.9. The average Bonchev–Trinajstić information content (AvgIpc) is 3.48. The van der Waals surface area contributed by atoms with Crippen molar-refractivity contribution in [1.29, 1.82) is 0 Å². The van der Waals surface area contributed by atoms with Crippen LogP contribution < -0.4 is 5.32 Å². The van der Waals surface area contributed by atoms with Crippen LogP contribution in [0.15, 0.2) is 66.7 Å². The van der Waals surface area contributed by atoms with Gasteiger partial charge in [0.25, 0.3) is 0 Å². The summed E-state index contributed by atoms with van der Waals surface area (Å²) in [5.74, 6) is 0.323. The fraction of sp³-hybridized carbons (Fsp3) is 0.290. The number of benzene rings is 3. The highest BCUT2D eigenvalue weighted by Gasteiger charge is 2.65. The van der Waals surface area contributed by atoms with Crippen LogP contribution >= 0.6 is 0 Å². The van der Waals surface area contributed by atoms with E-state index in [1.807, 2.05) is 18.2 Å². The van der Waals surface area contributed by atoms with Gasteiger partial charge in [0, 0.05) is 36.6 Å². The van der Waals surface area contributed by atoms with Gasteiger partial charge in [-0.1, -0.05) is 60.7 Å². The second-order valence-corrected chi connectivity index (χ2v) is 10.4. The number of aromatic nitrogens is 2. The van der Waals surface area contributed by atoms with E-state index in [2.05, 4.69) is 81.1 Å². The molecule has 3 aromatic carbocycles. The number of para-hydroxylation sites is 1. The van der Waals surface area contributed by atoms with Gasteiger partial charge in [0.1, 0.15) is 0 Å². The molecule has 0 radical (unpaired) electrons. The number of anilines is 1. The van der Waals surface area contributed by atoms with E-state index >= 15 is 0 Å². The molecule has 1 aliphatic carbocycles. The Morgan fingerprint density at radius 3 is 2.73 bits per heavy atom. The van der Waals surface area contributed by atoms with E-state index in [9.17, 15) is 4.79 Å². The summed E-state index contributed by atoms with van der Waals surface area (Å²) in [5.41, 5.74) is 7.30. The number of carbonyl (C=O) groups excluding carboxylic acids is 1. The Hall–Kier alpha value is -3.74. The molecule has 6 nitrogen and oxygen atoms in total. The lowest BCUT2D eigenvalue weighted by molar-refractivity contribution is -0.118. The first-order chi connectivity index (χ1) is 18.2. The summed E-state index contributed by atoms with van der Waals surface area (Å²) in [6.45, 7) is 4.84. The summed E-state index contributed by atoms with van der Waals surface area (Å²) in [4.78, 5) is 15.3. The molecule has 186 valence electrons. The summed E-state index contributed by atoms with van der Waals surface area (Å²) in [5, 5.41) is 11.9. The standard InChI is InChI=1S/C31H30N4O2/c36-30-31(25-3-1-2-4-28(25)32-30)20-26(31)23-10-11-24-27(33-34-29(24)19-23)12-9-21-5-7-22(8-6-21)13-14-35-15-17-37-18-16-35/h1-12,19,26H,13-18,20H2,(H,32,36)(H,33,34). The molecule has 7 rings (SSSR count). The molecule has 1 saturated heterocycles. The number of carbonyl (C=O) groups is 1. The first-order valence-electron chi connectivity index (χ1n) is 13.2. The normalized spacial score (nSPS) is 23.1. The molecule has 3 heterocycles. The monoisotopic (exact) mass is 490 g/mol. The van der Waals surface area contributed by atoms with Crippen molar-refractivity contribution < 1.29 is 9.53 Å². The Labute approximate surface area is 216 Å². The molecule has 3 aliphatic rings. The molecule has 1 amide bonds. The van der Waals surface area contributed by atoms with Crippen molar-refractivity contribution in [3.63, 3.8) is 0 Å². The van der Waals surface area contributed by atoms with Gasteiger partial charge >= 0.3 is 0 Å². The highest BCUT2D eigenvalue weighted by atomic mass is 16.5. The number of amides is 1. The van der Waals surface area contributed by atoms with Gasteiger partial charge in [-0.25, -0.2) is 0 Å². The maximum Gasteiger partial charge on any atom is 0.235 e. The zero-order chi connectivity index (χ0) is 24.8. The summed E-state index contributed by atoms with van der Waals surface area (Å²) in [6, 6.07) is 23.3. The Balaban J connectivity index is 1.04. The Morgan fingerprint density at radius 1 is 1.03 bits per heavy atom. The van der Waals surface area contributed by atoms with Crippen LogP contribution in [0.3, 0.4) is 0 Å². The van der Waals surface area contributed by atoms with Crippen molar-refractivity contribution in [2.75, 3.05) is 38.2 Å². The van der Waals surface area contributed by atoms with Gasteiger partial charge in [-0.3, -0.25) is 14.8 Å². The lowest BCUT2D eigenvalue weighted by atomic mass is 9.92. The summed E-state index contributed by atoms with van der Waals surface area (Å²) in [6.07, 6.45) is 6.10. The van der Waals surface area contributed by atoms with E-state index in [1.54, 1.807) is 0 Å². The Kier molecular flexibility index (Phi) is 5.45. The summed E-state index contributed by atoms with van der Waals surface area (Å²) >= 11 is 0. The largest absolute Gasteiger partial charge is 0.379 e. The molecule has 1 aromatic heterocycles. The van der Waals surface area contributed by atoms with Crippen LogP contribution in [0, 0.1) is 0 Å². The third-order valence-electron chi connectivity index (χ3n) is 8.27. The van der Waals surface area contributed by atoms with Crippen LogP contribution in [0.2, 0.25) is 0 Å². The number of nitrogens with zero attached hydrogens (tertiary/aromatic N) is 2. The molecule has 1 spiro atoms. The second kappa shape index (κ2) is 8.98. The van der Waals surface area contributed by atoms with E-state index in [0.29, 0.717) is 0 Å². The van der Waals surface area contributed by atoms with E-state index < -0.39 is 5.41 Å². The number of H-pyrrole nitrogens is 1. The first-order valence-corrected chi connectivity index (χ1v) is 13.2. The van der Waals surface area contributed by atoms with Crippen LogP contribution in [0.4, 0.5) is 5.69 Å². The second-order valence-electron chi connectivity index (χ2n) is 10.4. The van der Waals surface area contributed by atoms with Crippen molar-refractivity contribution in [2.24, 2.45) is 0 Å². The number of hydrogen-bond acceptors (Lipinski definition) is 4.